The van der Waals surface area contributed by atoms with Crippen LogP contribution in [0.3, 0.4) is 0 Å². The summed E-state index contributed by atoms with van der Waals surface area (Å²) in [5.41, 5.74) is 4.20. The summed E-state index contributed by atoms with van der Waals surface area (Å²) in [5.74, 6) is 0.300. The van der Waals surface area contributed by atoms with Crippen molar-refractivity contribution >= 4 is 11.7 Å². The van der Waals surface area contributed by atoms with E-state index in [4.69, 9.17) is 0 Å². The maximum Gasteiger partial charge on any atom is 0.226 e. The Hall–Kier alpha value is -3.28. The van der Waals surface area contributed by atoms with Gasteiger partial charge in [0.2, 0.25) is 5.95 Å². The Morgan fingerprint density at radius 3 is 2.61 bits per heavy atom. The largest absolute Gasteiger partial charge is 0.328 e. The van der Waals surface area contributed by atoms with E-state index in [0.29, 0.717) is 29.9 Å². The first-order valence-electron chi connectivity index (χ1n) is 9.36. The summed E-state index contributed by atoms with van der Waals surface area (Å²) in [5, 5.41) is 7.54. The zero-order chi connectivity index (χ0) is 19.3. The fourth-order valence-electron chi connectivity index (χ4n) is 4.40. The summed E-state index contributed by atoms with van der Waals surface area (Å²) in [7, 11) is 0. The third kappa shape index (κ3) is 2.56. The van der Waals surface area contributed by atoms with Gasteiger partial charge in [-0.05, 0) is 36.5 Å². The van der Waals surface area contributed by atoms with E-state index in [1.165, 1.54) is 23.5 Å². The van der Waals surface area contributed by atoms with Gasteiger partial charge in [0.15, 0.2) is 5.78 Å². The number of halogens is 1. The minimum absolute atomic E-state index is 0.0245. The summed E-state index contributed by atoms with van der Waals surface area (Å²) in [6.07, 6.45) is 2.52. The zero-order valence-electron chi connectivity index (χ0n) is 15.4. The maximum atomic E-state index is 14.6. The number of benzene rings is 2. The lowest BCUT2D eigenvalue weighted by atomic mass is 9.77. The number of nitrogens with one attached hydrogen (secondary N) is 1. The van der Waals surface area contributed by atoms with E-state index in [-0.39, 0.29) is 17.5 Å². The highest BCUT2D eigenvalue weighted by atomic mass is 19.1. The molecule has 2 aromatic carbocycles. The first-order valence-corrected chi connectivity index (χ1v) is 9.36. The van der Waals surface area contributed by atoms with Crippen LogP contribution in [0.25, 0.3) is 0 Å². The number of hydrogen-bond donors (Lipinski definition) is 1. The molecule has 0 radical (unpaired) electrons. The average Bonchev–Trinajstić information content (AvgIpc) is 3.15. The number of fused-ring (bicyclic) bond motifs is 1. The van der Waals surface area contributed by atoms with Crippen molar-refractivity contribution < 1.29 is 9.18 Å². The first-order chi connectivity index (χ1) is 13.6. The number of allylic oxidation sites excluding steroid dienone is 2. The predicted molar refractivity (Wildman–Crippen MR) is 103 cm³/mol. The van der Waals surface area contributed by atoms with Crippen molar-refractivity contribution in [2.75, 3.05) is 5.32 Å². The molecule has 0 saturated heterocycles. The topological polar surface area (TPSA) is 59.8 Å². The molecule has 0 bridgehead atoms. The number of anilines is 1. The molecule has 1 N–H and O–H groups in total. The Morgan fingerprint density at radius 1 is 1.07 bits per heavy atom. The number of rotatable bonds is 2. The molecule has 0 unspecified atom stereocenters. The van der Waals surface area contributed by atoms with E-state index in [9.17, 15) is 9.18 Å². The van der Waals surface area contributed by atoms with Crippen LogP contribution in [0.4, 0.5) is 10.3 Å². The lowest BCUT2D eigenvalue weighted by Crippen LogP contribution is -2.34. The van der Waals surface area contributed by atoms with Gasteiger partial charge in [-0.2, -0.15) is 10.1 Å². The number of hydrogen-bond acceptors (Lipinski definition) is 4. The second kappa shape index (κ2) is 6.41. The van der Waals surface area contributed by atoms with Crippen LogP contribution in [0.1, 0.15) is 41.5 Å². The van der Waals surface area contributed by atoms with E-state index >= 15 is 0 Å². The van der Waals surface area contributed by atoms with Crippen molar-refractivity contribution in [1.82, 2.24) is 14.8 Å². The Bertz CT molecular complexity index is 1120. The van der Waals surface area contributed by atoms with Gasteiger partial charge in [-0.15, -0.1) is 0 Å². The van der Waals surface area contributed by atoms with Gasteiger partial charge in [0, 0.05) is 23.3 Å². The van der Waals surface area contributed by atoms with Gasteiger partial charge < -0.3 is 5.32 Å². The molecule has 0 saturated carbocycles. The maximum absolute atomic E-state index is 14.6. The molecule has 1 aliphatic heterocycles. The van der Waals surface area contributed by atoms with Gasteiger partial charge in [0.25, 0.3) is 0 Å². The summed E-state index contributed by atoms with van der Waals surface area (Å²) < 4.78 is 16.2. The van der Waals surface area contributed by atoms with Crippen LogP contribution in [-0.2, 0) is 4.79 Å². The molecule has 5 nitrogen and oxygen atoms in total. The molecular formula is C22H19FN4O. The van der Waals surface area contributed by atoms with Crippen LogP contribution in [0.5, 0.6) is 0 Å². The summed E-state index contributed by atoms with van der Waals surface area (Å²) in [4.78, 5) is 17.5. The summed E-state index contributed by atoms with van der Waals surface area (Å²) in [6, 6.07) is 14.1. The molecule has 3 aromatic rings. The Morgan fingerprint density at radius 2 is 1.82 bits per heavy atom. The fourth-order valence-corrected chi connectivity index (χ4v) is 4.40. The van der Waals surface area contributed by atoms with Crippen molar-refractivity contribution in [2.24, 2.45) is 0 Å². The average molecular weight is 374 g/mol. The minimum atomic E-state index is -0.597. The third-order valence-corrected chi connectivity index (χ3v) is 5.69. The van der Waals surface area contributed by atoms with Crippen LogP contribution in [0.2, 0.25) is 0 Å². The van der Waals surface area contributed by atoms with Gasteiger partial charge in [-0.3, -0.25) is 4.79 Å². The molecule has 0 amide bonds. The number of aromatic nitrogens is 3. The van der Waals surface area contributed by atoms with E-state index in [0.717, 1.165) is 5.70 Å². The molecule has 6 heteroatoms. The van der Waals surface area contributed by atoms with Crippen molar-refractivity contribution in [3.05, 3.63) is 88.6 Å². The molecule has 2 heterocycles. The smallest absolute Gasteiger partial charge is 0.226 e. The second-order valence-corrected chi connectivity index (χ2v) is 7.35. The van der Waals surface area contributed by atoms with E-state index in [1.54, 1.807) is 22.9 Å². The molecule has 1 aliphatic carbocycles. The standard InChI is InChI=1S/C22H19FN4O/c1-13-6-2-3-7-15(13)14-10-18-20(19(28)11-14)21(16-8-4-5-9-17(16)23)27-22(26-18)24-12-25-27/h2-9,12,14,21H,10-11H2,1H3,(H,24,25,26)/t14-,21+/m1/s1. The molecule has 28 heavy (non-hydrogen) atoms. The molecule has 140 valence electrons. The third-order valence-electron chi connectivity index (χ3n) is 5.69. The second-order valence-electron chi connectivity index (χ2n) is 7.35. The number of carbonyl (C=O) groups is 1. The molecular weight excluding hydrogens is 355 g/mol. The lowest BCUT2D eigenvalue weighted by molar-refractivity contribution is -0.116. The number of ketones is 1. The van der Waals surface area contributed by atoms with Crippen LogP contribution in [0.15, 0.2) is 66.1 Å². The number of nitrogens with zero attached hydrogens (tertiary/aromatic N) is 3. The van der Waals surface area contributed by atoms with Gasteiger partial charge in [-0.1, -0.05) is 42.5 Å². The summed E-state index contributed by atoms with van der Waals surface area (Å²) in [6.45, 7) is 2.07. The van der Waals surface area contributed by atoms with Crippen LogP contribution in [0, 0.1) is 12.7 Å². The van der Waals surface area contributed by atoms with Crippen molar-refractivity contribution in [1.29, 1.82) is 0 Å². The number of carbonyl (C=O) groups excluding carboxylic acids is 1. The van der Waals surface area contributed by atoms with Gasteiger partial charge in [0.05, 0.1) is 0 Å². The highest BCUT2D eigenvalue weighted by Gasteiger charge is 2.40. The Labute approximate surface area is 161 Å². The van der Waals surface area contributed by atoms with Gasteiger partial charge in [0.1, 0.15) is 18.2 Å². The normalized spacial score (nSPS) is 21.1. The van der Waals surface area contributed by atoms with Crippen molar-refractivity contribution in [3.63, 3.8) is 0 Å². The van der Waals surface area contributed by atoms with Crippen LogP contribution < -0.4 is 5.32 Å². The molecule has 5 rings (SSSR count). The minimum Gasteiger partial charge on any atom is -0.328 e. The van der Waals surface area contributed by atoms with E-state index < -0.39 is 6.04 Å². The first kappa shape index (κ1) is 16.9. The fraction of sp³-hybridized carbons (Fsp3) is 0.227. The highest BCUT2D eigenvalue weighted by Crippen LogP contribution is 2.44. The highest BCUT2D eigenvalue weighted by molar-refractivity contribution is 6.00. The van der Waals surface area contributed by atoms with Crippen molar-refractivity contribution in [2.45, 2.75) is 31.7 Å². The molecule has 0 spiro atoms. The van der Waals surface area contributed by atoms with Crippen molar-refractivity contribution in [3.8, 4) is 0 Å². The quantitative estimate of drug-likeness (QED) is 0.732. The molecule has 2 atom stereocenters. The summed E-state index contributed by atoms with van der Waals surface area (Å²) >= 11 is 0. The SMILES string of the molecule is Cc1ccccc1[C@H]1CC(=O)C2=C(C1)Nc1ncnn1[C@H]2c1ccccc1F. The molecule has 2 aliphatic rings. The number of aryl methyl sites for hydroxylation is 1. The van der Waals surface area contributed by atoms with Crippen LogP contribution >= 0.6 is 0 Å². The van der Waals surface area contributed by atoms with E-state index in [1.807, 2.05) is 12.1 Å². The van der Waals surface area contributed by atoms with Crippen LogP contribution in [-0.4, -0.2) is 20.5 Å². The van der Waals surface area contributed by atoms with E-state index in [2.05, 4.69) is 34.5 Å². The van der Waals surface area contributed by atoms with Gasteiger partial charge in [-0.25, -0.2) is 9.07 Å². The zero-order valence-corrected chi connectivity index (χ0v) is 15.4. The van der Waals surface area contributed by atoms with Gasteiger partial charge >= 0.3 is 0 Å². The molecule has 0 fully saturated rings. The molecule has 1 aromatic heterocycles. The number of Topliss-reactive ketones (excluding diaryl/α,β-unsaturated/α-hetero) is 1. The Kier molecular flexibility index (Phi) is 3.86. The predicted octanol–water partition coefficient (Wildman–Crippen LogP) is 4.14. The monoisotopic (exact) mass is 374 g/mol. The Balaban J connectivity index is 1.63. The lowest BCUT2D eigenvalue weighted by Gasteiger charge is -2.35.